The van der Waals surface area contributed by atoms with E-state index in [1.165, 1.54) is 11.1 Å². The number of aromatic nitrogens is 2. The third kappa shape index (κ3) is 4.58. The summed E-state index contributed by atoms with van der Waals surface area (Å²) in [6.07, 6.45) is 4.19. The third-order valence-electron chi connectivity index (χ3n) is 6.09. The highest BCUT2D eigenvalue weighted by Crippen LogP contribution is 2.31. The van der Waals surface area contributed by atoms with Crippen molar-refractivity contribution in [3.05, 3.63) is 53.2 Å². The molecule has 0 saturated carbocycles. The maximum absolute atomic E-state index is 6.40. The smallest absolute Gasteiger partial charge is 0.0928 e. The first-order chi connectivity index (χ1) is 15.3. The SMILES string of the molecule is Nc1cc2c(/C=C/c3cccc(CN4CCNCC4)c3)n[nH]c2cc1N1CCOCC1. The summed E-state index contributed by atoms with van der Waals surface area (Å²) in [4.78, 5) is 4.77. The van der Waals surface area contributed by atoms with Crippen LogP contribution in [0.2, 0.25) is 0 Å². The van der Waals surface area contributed by atoms with Gasteiger partial charge in [0.2, 0.25) is 0 Å². The van der Waals surface area contributed by atoms with Crippen LogP contribution in [-0.2, 0) is 11.3 Å². The average Bonchev–Trinajstić information content (AvgIpc) is 3.20. The molecule has 0 bridgehead atoms. The average molecular weight is 419 g/mol. The Bertz CT molecular complexity index is 1060. The van der Waals surface area contributed by atoms with Crippen LogP contribution in [0.15, 0.2) is 36.4 Å². The maximum Gasteiger partial charge on any atom is 0.0928 e. The molecule has 0 radical (unpaired) electrons. The van der Waals surface area contributed by atoms with E-state index in [0.29, 0.717) is 0 Å². The Morgan fingerprint density at radius 3 is 2.71 bits per heavy atom. The van der Waals surface area contributed by atoms with E-state index < -0.39 is 0 Å². The number of nitrogens with one attached hydrogen (secondary N) is 2. The Morgan fingerprint density at radius 2 is 1.87 bits per heavy atom. The third-order valence-corrected chi connectivity index (χ3v) is 6.09. The standard InChI is InChI=1S/C24H30N6O/c25-21-15-20-22(27-28-23(20)16-24(21)30-10-12-31-13-11-30)5-4-18-2-1-3-19(14-18)17-29-8-6-26-7-9-29/h1-5,14-16,26H,6-13,17,25H2,(H,27,28)/b5-4+. The summed E-state index contributed by atoms with van der Waals surface area (Å²) < 4.78 is 5.46. The minimum absolute atomic E-state index is 0.738. The Kier molecular flexibility index (Phi) is 5.88. The van der Waals surface area contributed by atoms with Crippen molar-refractivity contribution in [3.63, 3.8) is 0 Å². The van der Waals surface area contributed by atoms with E-state index in [2.05, 4.69) is 67.8 Å². The van der Waals surface area contributed by atoms with Gasteiger partial charge in [-0.15, -0.1) is 0 Å². The fourth-order valence-electron chi connectivity index (χ4n) is 4.39. The molecule has 7 nitrogen and oxygen atoms in total. The summed E-state index contributed by atoms with van der Waals surface area (Å²) in [5.41, 5.74) is 12.7. The van der Waals surface area contributed by atoms with Gasteiger partial charge in [-0.1, -0.05) is 30.3 Å². The number of aromatic amines is 1. The van der Waals surface area contributed by atoms with Gasteiger partial charge in [-0.2, -0.15) is 5.10 Å². The quantitative estimate of drug-likeness (QED) is 0.553. The lowest BCUT2D eigenvalue weighted by Gasteiger charge is -2.29. The van der Waals surface area contributed by atoms with Gasteiger partial charge in [0.25, 0.3) is 0 Å². The molecule has 0 atom stereocenters. The predicted octanol–water partition coefficient (Wildman–Crippen LogP) is 2.56. The summed E-state index contributed by atoms with van der Waals surface area (Å²) in [5.74, 6) is 0. The molecule has 0 unspecified atom stereocenters. The lowest BCUT2D eigenvalue weighted by Crippen LogP contribution is -2.42. The molecule has 2 saturated heterocycles. The van der Waals surface area contributed by atoms with Crippen molar-refractivity contribution < 1.29 is 4.74 Å². The lowest BCUT2D eigenvalue weighted by atomic mass is 10.1. The molecule has 4 N–H and O–H groups in total. The number of hydrogen-bond donors (Lipinski definition) is 3. The monoisotopic (exact) mass is 418 g/mol. The lowest BCUT2D eigenvalue weighted by molar-refractivity contribution is 0.123. The van der Waals surface area contributed by atoms with Gasteiger partial charge in [0.05, 0.1) is 35.8 Å². The molecule has 5 rings (SSSR count). The van der Waals surface area contributed by atoms with E-state index in [0.717, 1.165) is 87.0 Å². The molecule has 2 aliphatic rings. The summed E-state index contributed by atoms with van der Waals surface area (Å²) in [6, 6.07) is 12.9. The Morgan fingerprint density at radius 1 is 1.03 bits per heavy atom. The van der Waals surface area contributed by atoms with Gasteiger partial charge in [-0.05, 0) is 29.3 Å². The van der Waals surface area contributed by atoms with E-state index in [9.17, 15) is 0 Å². The van der Waals surface area contributed by atoms with E-state index in [1.807, 2.05) is 6.07 Å². The van der Waals surface area contributed by atoms with Crippen LogP contribution < -0.4 is 16.0 Å². The summed E-state index contributed by atoms with van der Waals surface area (Å²) in [7, 11) is 0. The topological polar surface area (TPSA) is 82.4 Å². The second kappa shape index (κ2) is 9.09. The van der Waals surface area contributed by atoms with Crippen LogP contribution in [0.3, 0.4) is 0 Å². The van der Waals surface area contributed by atoms with Crippen molar-refractivity contribution in [2.75, 3.05) is 63.1 Å². The minimum atomic E-state index is 0.738. The van der Waals surface area contributed by atoms with Crippen LogP contribution in [0.25, 0.3) is 23.1 Å². The molecule has 0 aliphatic carbocycles. The molecule has 3 aromatic rings. The molecule has 0 amide bonds. The van der Waals surface area contributed by atoms with Gasteiger partial charge in [0.1, 0.15) is 0 Å². The molecule has 162 valence electrons. The molecule has 0 spiro atoms. The molecular formula is C24H30N6O. The number of piperazine rings is 1. The number of H-pyrrole nitrogens is 1. The highest BCUT2D eigenvalue weighted by molar-refractivity contribution is 5.95. The van der Waals surface area contributed by atoms with Gasteiger partial charge in [-0.25, -0.2) is 0 Å². The number of fused-ring (bicyclic) bond motifs is 1. The van der Waals surface area contributed by atoms with Crippen molar-refractivity contribution in [1.82, 2.24) is 20.4 Å². The largest absolute Gasteiger partial charge is 0.397 e. The summed E-state index contributed by atoms with van der Waals surface area (Å²) in [5, 5.41) is 12.2. The molecule has 7 heteroatoms. The Hall–Kier alpha value is -2.87. The number of nitrogen functional groups attached to an aromatic ring is 1. The first kappa shape index (κ1) is 20.1. The van der Waals surface area contributed by atoms with E-state index in [4.69, 9.17) is 10.5 Å². The normalized spacial score (nSPS) is 18.3. The van der Waals surface area contributed by atoms with Crippen molar-refractivity contribution in [3.8, 4) is 0 Å². The highest BCUT2D eigenvalue weighted by Gasteiger charge is 2.16. The van der Waals surface area contributed by atoms with E-state index in [-0.39, 0.29) is 0 Å². The Labute approximate surface area is 182 Å². The van der Waals surface area contributed by atoms with Crippen molar-refractivity contribution >= 4 is 34.4 Å². The van der Waals surface area contributed by atoms with Gasteiger partial charge in [-0.3, -0.25) is 10.00 Å². The number of morpholine rings is 1. The molecule has 3 heterocycles. The number of benzene rings is 2. The molecule has 2 aromatic carbocycles. The maximum atomic E-state index is 6.40. The van der Waals surface area contributed by atoms with E-state index in [1.54, 1.807) is 0 Å². The van der Waals surface area contributed by atoms with Crippen LogP contribution in [-0.4, -0.2) is 67.6 Å². The van der Waals surface area contributed by atoms with Crippen LogP contribution in [0.1, 0.15) is 16.8 Å². The van der Waals surface area contributed by atoms with Crippen LogP contribution in [0, 0.1) is 0 Å². The zero-order valence-electron chi connectivity index (χ0n) is 17.8. The van der Waals surface area contributed by atoms with Gasteiger partial charge < -0.3 is 20.7 Å². The molecule has 2 aliphatic heterocycles. The second-order valence-electron chi connectivity index (χ2n) is 8.27. The molecule has 2 fully saturated rings. The van der Waals surface area contributed by atoms with Gasteiger partial charge in [0.15, 0.2) is 0 Å². The number of hydrogen-bond acceptors (Lipinski definition) is 6. The van der Waals surface area contributed by atoms with Crippen molar-refractivity contribution in [1.29, 1.82) is 0 Å². The fourth-order valence-corrected chi connectivity index (χ4v) is 4.39. The van der Waals surface area contributed by atoms with E-state index >= 15 is 0 Å². The Balaban J connectivity index is 1.34. The molecule has 31 heavy (non-hydrogen) atoms. The first-order valence-electron chi connectivity index (χ1n) is 11.1. The molecule has 1 aromatic heterocycles. The highest BCUT2D eigenvalue weighted by atomic mass is 16.5. The fraction of sp³-hybridized carbons (Fsp3) is 0.375. The van der Waals surface area contributed by atoms with Crippen LogP contribution >= 0.6 is 0 Å². The number of rotatable bonds is 5. The van der Waals surface area contributed by atoms with Gasteiger partial charge in [0, 0.05) is 51.2 Å². The zero-order valence-corrected chi connectivity index (χ0v) is 17.8. The predicted molar refractivity (Wildman–Crippen MR) is 127 cm³/mol. The summed E-state index contributed by atoms with van der Waals surface area (Å²) in [6.45, 7) is 8.55. The van der Waals surface area contributed by atoms with Crippen LogP contribution in [0.5, 0.6) is 0 Å². The summed E-state index contributed by atoms with van der Waals surface area (Å²) >= 11 is 0. The second-order valence-corrected chi connectivity index (χ2v) is 8.27. The van der Waals surface area contributed by atoms with Crippen molar-refractivity contribution in [2.24, 2.45) is 0 Å². The number of nitrogens with two attached hydrogens (primary N) is 1. The first-order valence-corrected chi connectivity index (χ1v) is 11.1. The zero-order chi connectivity index (χ0) is 21.0. The molecular weight excluding hydrogens is 388 g/mol. The number of nitrogens with zero attached hydrogens (tertiary/aromatic N) is 3. The van der Waals surface area contributed by atoms with Gasteiger partial charge >= 0.3 is 0 Å². The minimum Gasteiger partial charge on any atom is -0.397 e. The van der Waals surface area contributed by atoms with Crippen molar-refractivity contribution in [2.45, 2.75) is 6.54 Å². The number of ether oxygens (including phenoxy) is 1. The van der Waals surface area contributed by atoms with Crippen LogP contribution in [0.4, 0.5) is 11.4 Å². The number of anilines is 2.